The predicted octanol–water partition coefficient (Wildman–Crippen LogP) is 1.93. The standard InChI is InChI=1S/C14H20N2O3.C2H6/c1-15(18-2)14(17)13-11-16(8-9-19-13)10-12-6-4-3-5-7-12;1-2/h3-7,13H,8-11H2,1-2H3;1-2H3. The average molecular weight is 294 g/mol. The zero-order valence-electron chi connectivity index (χ0n) is 13.4. The topological polar surface area (TPSA) is 42.0 Å². The Bertz CT molecular complexity index is 411. The highest BCUT2D eigenvalue weighted by Crippen LogP contribution is 2.12. The van der Waals surface area contributed by atoms with Crippen molar-refractivity contribution < 1.29 is 14.4 Å². The van der Waals surface area contributed by atoms with Gasteiger partial charge in [0.05, 0.1) is 13.7 Å². The third kappa shape index (κ3) is 5.46. The van der Waals surface area contributed by atoms with Gasteiger partial charge in [0.15, 0.2) is 6.10 Å². The number of likely N-dealkylation sites (N-methyl/N-ethyl adjacent to an activating group) is 1. The van der Waals surface area contributed by atoms with Crippen LogP contribution in [0.15, 0.2) is 30.3 Å². The van der Waals surface area contributed by atoms with Gasteiger partial charge in [-0.2, -0.15) is 0 Å². The summed E-state index contributed by atoms with van der Waals surface area (Å²) in [6.07, 6.45) is -0.442. The summed E-state index contributed by atoms with van der Waals surface area (Å²) < 4.78 is 5.52. The molecule has 0 N–H and O–H groups in total. The molecule has 1 aliphatic rings. The fourth-order valence-corrected chi connectivity index (χ4v) is 2.13. The van der Waals surface area contributed by atoms with Gasteiger partial charge in [0.2, 0.25) is 0 Å². The van der Waals surface area contributed by atoms with Crippen LogP contribution in [0.4, 0.5) is 0 Å². The molecule has 0 spiro atoms. The molecular formula is C16H26N2O3. The van der Waals surface area contributed by atoms with Gasteiger partial charge in [-0.25, -0.2) is 5.06 Å². The quantitative estimate of drug-likeness (QED) is 0.796. The summed E-state index contributed by atoms with van der Waals surface area (Å²) in [6.45, 7) is 6.85. The molecule has 118 valence electrons. The smallest absolute Gasteiger partial charge is 0.276 e. The number of carbonyl (C=O) groups is 1. The summed E-state index contributed by atoms with van der Waals surface area (Å²) in [6, 6.07) is 10.2. The van der Waals surface area contributed by atoms with Gasteiger partial charge >= 0.3 is 0 Å². The van der Waals surface area contributed by atoms with Crippen molar-refractivity contribution in [1.82, 2.24) is 9.96 Å². The van der Waals surface area contributed by atoms with Crippen LogP contribution in [0.3, 0.4) is 0 Å². The minimum atomic E-state index is -0.442. The Kier molecular flexibility index (Phi) is 7.97. The second-order valence-corrected chi connectivity index (χ2v) is 4.60. The van der Waals surface area contributed by atoms with E-state index in [2.05, 4.69) is 17.0 Å². The lowest BCUT2D eigenvalue weighted by molar-refractivity contribution is -0.185. The highest BCUT2D eigenvalue weighted by Gasteiger charge is 2.29. The number of carbonyl (C=O) groups excluding carboxylic acids is 1. The number of morpholine rings is 1. The minimum Gasteiger partial charge on any atom is -0.366 e. The van der Waals surface area contributed by atoms with E-state index in [1.165, 1.54) is 17.7 Å². The van der Waals surface area contributed by atoms with Crippen molar-refractivity contribution in [2.75, 3.05) is 33.9 Å². The summed E-state index contributed by atoms with van der Waals surface area (Å²) in [5, 5.41) is 1.22. The summed E-state index contributed by atoms with van der Waals surface area (Å²) in [7, 11) is 3.07. The number of benzene rings is 1. The van der Waals surface area contributed by atoms with Gasteiger partial charge in [-0.3, -0.25) is 14.5 Å². The normalized spacial score (nSPS) is 18.6. The maximum absolute atomic E-state index is 12.0. The van der Waals surface area contributed by atoms with Crippen LogP contribution in [0.25, 0.3) is 0 Å². The van der Waals surface area contributed by atoms with Gasteiger partial charge in [-0.15, -0.1) is 0 Å². The zero-order chi connectivity index (χ0) is 15.7. The van der Waals surface area contributed by atoms with Gasteiger partial charge in [0.1, 0.15) is 0 Å². The number of nitrogens with zero attached hydrogens (tertiary/aromatic N) is 2. The lowest BCUT2D eigenvalue weighted by Gasteiger charge is -2.33. The van der Waals surface area contributed by atoms with Crippen LogP contribution in [0, 0.1) is 0 Å². The lowest BCUT2D eigenvalue weighted by atomic mass is 10.2. The molecule has 0 saturated carbocycles. The van der Waals surface area contributed by atoms with Crippen LogP contribution in [-0.4, -0.2) is 55.8 Å². The van der Waals surface area contributed by atoms with Crippen LogP contribution in [0.2, 0.25) is 0 Å². The zero-order valence-corrected chi connectivity index (χ0v) is 13.4. The van der Waals surface area contributed by atoms with E-state index in [0.717, 1.165) is 13.1 Å². The Labute approximate surface area is 127 Å². The molecule has 1 amide bonds. The first kappa shape index (κ1) is 17.6. The molecule has 1 aromatic carbocycles. The molecule has 1 heterocycles. The Morgan fingerprint density at radius 2 is 2.05 bits per heavy atom. The van der Waals surface area contributed by atoms with Gasteiger partial charge < -0.3 is 4.74 Å². The third-order valence-corrected chi connectivity index (χ3v) is 3.26. The van der Waals surface area contributed by atoms with Crippen LogP contribution >= 0.6 is 0 Å². The fourth-order valence-electron chi connectivity index (χ4n) is 2.13. The highest BCUT2D eigenvalue weighted by atomic mass is 16.7. The Hall–Kier alpha value is -1.43. The van der Waals surface area contributed by atoms with E-state index in [4.69, 9.17) is 9.57 Å². The highest BCUT2D eigenvalue weighted by molar-refractivity contribution is 5.80. The van der Waals surface area contributed by atoms with E-state index in [1.54, 1.807) is 7.05 Å². The number of rotatable bonds is 4. The maximum Gasteiger partial charge on any atom is 0.276 e. The van der Waals surface area contributed by atoms with Gasteiger partial charge in [0.25, 0.3) is 5.91 Å². The SMILES string of the molecule is CC.CON(C)C(=O)C1CN(Cc2ccccc2)CCO1. The minimum absolute atomic E-state index is 0.139. The van der Waals surface area contributed by atoms with E-state index in [1.807, 2.05) is 32.0 Å². The van der Waals surface area contributed by atoms with Crippen LogP contribution < -0.4 is 0 Å². The molecule has 1 atom stereocenters. The van der Waals surface area contributed by atoms with Gasteiger partial charge in [-0.05, 0) is 5.56 Å². The molecule has 1 aliphatic heterocycles. The Balaban J connectivity index is 0.00000106. The first-order valence-corrected chi connectivity index (χ1v) is 7.40. The second kappa shape index (κ2) is 9.50. The molecule has 1 unspecified atom stereocenters. The van der Waals surface area contributed by atoms with Crippen molar-refractivity contribution in [2.24, 2.45) is 0 Å². The van der Waals surface area contributed by atoms with Crippen LogP contribution in [0.5, 0.6) is 0 Å². The summed E-state index contributed by atoms with van der Waals surface area (Å²) in [4.78, 5) is 19.1. The monoisotopic (exact) mass is 294 g/mol. The van der Waals surface area contributed by atoms with E-state index < -0.39 is 6.10 Å². The van der Waals surface area contributed by atoms with E-state index in [-0.39, 0.29) is 5.91 Å². The van der Waals surface area contributed by atoms with Crippen LogP contribution in [0.1, 0.15) is 19.4 Å². The molecule has 5 nitrogen and oxygen atoms in total. The number of ether oxygens (including phenoxy) is 1. The molecular weight excluding hydrogens is 268 g/mol. The first-order chi connectivity index (χ1) is 10.2. The predicted molar refractivity (Wildman–Crippen MR) is 82.6 cm³/mol. The van der Waals surface area contributed by atoms with Crippen LogP contribution in [-0.2, 0) is 20.9 Å². The molecule has 0 radical (unpaired) electrons. The second-order valence-electron chi connectivity index (χ2n) is 4.60. The van der Waals surface area contributed by atoms with E-state index in [0.29, 0.717) is 13.2 Å². The lowest BCUT2D eigenvalue weighted by Crippen LogP contribution is -2.49. The summed E-state index contributed by atoms with van der Waals surface area (Å²) in [5.74, 6) is -0.139. The van der Waals surface area contributed by atoms with E-state index in [9.17, 15) is 4.79 Å². The fraction of sp³-hybridized carbons (Fsp3) is 0.562. The number of hydrogen-bond donors (Lipinski definition) is 0. The molecule has 0 aromatic heterocycles. The molecule has 5 heteroatoms. The maximum atomic E-state index is 12.0. The largest absolute Gasteiger partial charge is 0.366 e. The summed E-state index contributed by atoms with van der Waals surface area (Å²) in [5.41, 5.74) is 1.25. The molecule has 1 aromatic rings. The molecule has 21 heavy (non-hydrogen) atoms. The van der Waals surface area contributed by atoms with Gasteiger partial charge in [0, 0.05) is 26.7 Å². The van der Waals surface area contributed by atoms with Crippen molar-refractivity contribution in [3.05, 3.63) is 35.9 Å². The molecule has 0 aliphatic carbocycles. The van der Waals surface area contributed by atoms with Crippen molar-refractivity contribution >= 4 is 5.91 Å². The number of amides is 1. The molecule has 0 bridgehead atoms. The van der Waals surface area contributed by atoms with Crippen molar-refractivity contribution in [3.8, 4) is 0 Å². The van der Waals surface area contributed by atoms with Crippen molar-refractivity contribution in [2.45, 2.75) is 26.5 Å². The van der Waals surface area contributed by atoms with E-state index >= 15 is 0 Å². The van der Waals surface area contributed by atoms with Gasteiger partial charge in [-0.1, -0.05) is 44.2 Å². The van der Waals surface area contributed by atoms with Crippen molar-refractivity contribution in [1.29, 1.82) is 0 Å². The van der Waals surface area contributed by atoms with Crippen molar-refractivity contribution in [3.63, 3.8) is 0 Å². The molecule has 2 rings (SSSR count). The molecule has 1 saturated heterocycles. The molecule has 1 fully saturated rings. The number of hydroxylamine groups is 2. The number of hydrogen-bond acceptors (Lipinski definition) is 4. The summed E-state index contributed by atoms with van der Waals surface area (Å²) >= 11 is 0. The Morgan fingerprint density at radius 3 is 2.67 bits per heavy atom. The first-order valence-electron chi connectivity index (χ1n) is 7.40. The average Bonchev–Trinajstić information content (AvgIpc) is 2.56. The Morgan fingerprint density at radius 1 is 1.38 bits per heavy atom. The third-order valence-electron chi connectivity index (χ3n) is 3.26.